The van der Waals surface area contributed by atoms with Gasteiger partial charge in [0.2, 0.25) is 5.79 Å². The van der Waals surface area contributed by atoms with Crippen LogP contribution < -0.4 is 4.74 Å². The van der Waals surface area contributed by atoms with E-state index in [2.05, 4.69) is 4.98 Å². The van der Waals surface area contributed by atoms with Crippen molar-refractivity contribution in [2.45, 2.75) is 12.7 Å². The monoisotopic (exact) mass is 278 g/mol. The molecule has 6 nitrogen and oxygen atoms in total. The summed E-state index contributed by atoms with van der Waals surface area (Å²) in [5.41, 5.74) is 0.947. The maximum Gasteiger partial charge on any atom is 0.308 e. The third-order valence-corrected chi connectivity index (χ3v) is 2.89. The standard InChI is InChI=1S/C14H18N2O4/c1-9(17)20-12-6-4-5-11-13(12)10(7-15-11)14(18,19)8-16(2)3/h4-7,15,18-19H,8H2,1-3H3. The van der Waals surface area contributed by atoms with Gasteiger partial charge in [0, 0.05) is 24.2 Å². The molecular weight excluding hydrogens is 260 g/mol. The molecule has 0 spiro atoms. The minimum atomic E-state index is -2.04. The molecule has 3 N–H and O–H groups in total. The average molecular weight is 278 g/mol. The summed E-state index contributed by atoms with van der Waals surface area (Å²) in [5, 5.41) is 21.0. The SMILES string of the molecule is CC(=O)Oc1cccc2[nH]cc(C(O)(O)CN(C)C)c12. The van der Waals surface area contributed by atoms with Gasteiger partial charge in [0.1, 0.15) is 5.75 Å². The van der Waals surface area contributed by atoms with Crippen LogP contribution in [0, 0.1) is 0 Å². The molecule has 0 saturated heterocycles. The first kappa shape index (κ1) is 14.5. The molecule has 0 aliphatic heterocycles. The zero-order chi connectivity index (χ0) is 14.9. The summed E-state index contributed by atoms with van der Waals surface area (Å²) < 4.78 is 5.13. The molecule has 0 saturated carbocycles. The topological polar surface area (TPSA) is 85.8 Å². The lowest BCUT2D eigenvalue weighted by atomic mass is 10.0. The van der Waals surface area contributed by atoms with Gasteiger partial charge in [-0.25, -0.2) is 0 Å². The van der Waals surface area contributed by atoms with E-state index in [0.29, 0.717) is 16.7 Å². The highest BCUT2D eigenvalue weighted by Crippen LogP contribution is 2.34. The maximum absolute atomic E-state index is 11.2. The Labute approximate surface area is 116 Å². The highest BCUT2D eigenvalue weighted by molar-refractivity contribution is 5.91. The van der Waals surface area contributed by atoms with Crippen LogP contribution >= 0.6 is 0 Å². The number of aromatic nitrogens is 1. The number of hydrogen-bond donors (Lipinski definition) is 3. The Hall–Kier alpha value is -1.89. The van der Waals surface area contributed by atoms with Crippen LogP contribution in [0.5, 0.6) is 5.75 Å². The van der Waals surface area contributed by atoms with Crippen LogP contribution in [0.25, 0.3) is 10.9 Å². The molecule has 20 heavy (non-hydrogen) atoms. The van der Waals surface area contributed by atoms with E-state index in [4.69, 9.17) is 4.74 Å². The van der Waals surface area contributed by atoms with Gasteiger partial charge < -0.3 is 24.8 Å². The van der Waals surface area contributed by atoms with Gasteiger partial charge in [-0.1, -0.05) is 6.07 Å². The van der Waals surface area contributed by atoms with E-state index < -0.39 is 11.8 Å². The van der Waals surface area contributed by atoms with Gasteiger partial charge in [-0.05, 0) is 26.2 Å². The van der Waals surface area contributed by atoms with E-state index in [1.807, 2.05) is 0 Å². The van der Waals surface area contributed by atoms with Crippen molar-refractivity contribution in [2.75, 3.05) is 20.6 Å². The van der Waals surface area contributed by atoms with Crippen molar-refractivity contribution in [3.63, 3.8) is 0 Å². The molecule has 0 bridgehead atoms. The molecule has 0 aliphatic carbocycles. The quantitative estimate of drug-likeness (QED) is 0.437. The van der Waals surface area contributed by atoms with Crippen LogP contribution in [0.4, 0.5) is 0 Å². The average Bonchev–Trinajstić information content (AvgIpc) is 2.71. The van der Waals surface area contributed by atoms with Crippen LogP contribution in [0.15, 0.2) is 24.4 Å². The van der Waals surface area contributed by atoms with Gasteiger partial charge in [-0.2, -0.15) is 0 Å². The first-order chi connectivity index (χ1) is 9.31. The maximum atomic E-state index is 11.2. The van der Waals surface area contributed by atoms with E-state index >= 15 is 0 Å². The van der Waals surface area contributed by atoms with E-state index in [-0.39, 0.29) is 12.1 Å². The number of hydrogen-bond acceptors (Lipinski definition) is 5. The van der Waals surface area contributed by atoms with Crippen molar-refractivity contribution in [3.05, 3.63) is 30.0 Å². The third-order valence-electron chi connectivity index (χ3n) is 2.89. The number of carbonyl (C=O) groups is 1. The Morgan fingerprint density at radius 1 is 1.40 bits per heavy atom. The van der Waals surface area contributed by atoms with Crippen LogP contribution in [-0.4, -0.2) is 46.7 Å². The molecule has 2 rings (SSSR count). The Morgan fingerprint density at radius 2 is 2.10 bits per heavy atom. The number of aromatic amines is 1. The molecule has 0 radical (unpaired) electrons. The minimum absolute atomic E-state index is 0.0222. The Morgan fingerprint density at radius 3 is 2.70 bits per heavy atom. The fourth-order valence-corrected chi connectivity index (χ4v) is 2.23. The lowest BCUT2D eigenvalue weighted by molar-refractivity contribution is -0.177. The number of nitrogens with one attached hydrogen (secondary N) is 1. The molecule has 6 heteroatoms. The van der Waals surface area contributed by atoms with E-state index in [9.17, 15) is 15.0 Å². The summed E-state index contributed by atoms with van der Waals surface area (Å²) in [7, 11) is 3.48. The summed E-state index contributed by atoms with van der Waals surface area (Å²) in [6, 6.07) is 5.12. The number of esters is 1. The molecule has 2 aromatic rings. The normalized spacial score (nSPS) is 12.1. The number of ether oxygens (including phenoxy) is 1. The summed E-state index contributed by atoms with van der Waals surface area (Å²) in [6.45, 7) is 1.32. The summed E-state index contributed by atoms with van der Waals surface area (Å²) >= 11 is 0. The van der Waals surface area contributed by atoms with Gasteiger partial charge in [0.05, 0.1) is 11.9 Å². The molecule has 108 valence electrons. The molecule has 0 unspecified atom stereocenters. The zero-order valence-corrected chi connectivity index (χ0v) is 11.7. The van der Waals surface area contributed by atoms with Crippen molar-refractivity contribution >= 4 is 16.9 Å². The fourth-order valence-electron chi connectivity index (χ4n) is 2.23. The number of benzene rings is 1. The molecule has 1 aromatic carbocycles. The van der Waals surface area contributed by atoms with Crippen molar-refractivity contribution in [1.82, 2.24) is 9.88 Å². The fraction of sp³-hybridized carbons (Fsp3) is 0.357. The predicted octanol–water partition coefficient (Wildman–Crippen LogP) is 0.792. The lowest BCUT2D eigenvalue weighted by Gasteiger charge is -2.25. The molecule has 1 aromatic heterocycles. The van der Waals surface area contributed by atoms with E-state index in [0.717, 1.165) is 0 Å². The van der Waals surface area contributed by atoms with Crippen molar-refractivity contribution in [2.24, 2.45) is 0 Å². The van der Waals surface area contributed by atoms with Crippen molar-refractivity contribution in [1.29, 1.82) is 0 Å². The number of nitrogens with zero attached hydrogens (tertiary/aromatic N) is 1. The van der Waals surface area contributed by atoms with Crippen LogP contribution in [-0.2, 0) is 10.6 Å². The van der Waals surface area contributed by atoms with Gasteiger partial charge in [-0.3, -0.25) is 4.79 Å². The summed E-state index contributed by atoms with van der Waals surface area (Å²) in [5.74, 6) is -2.20. The Balaban J connectivity index is 2.57. The van der Waals surface area contributed by atoms with Crippen LogP contribution in [0.2, 0.25) is 0 Å². The van der Waals surface area contributed by atoms with E-state index in [1.165, 1.54) is 13.1 Å². The van der Waals surface area contributed by atoms with Gasteiger partial charge in [-0.15, -0.1) is 0 Å². The zero-order valence-electron chi connectivity index (χ0n) is 11.7. The summed E-state index contributed by atoms with van der Waals surface area (Å²) in [6.07, 6.45) is 1.52. The van der Waals surface area contributed by atoms with Crippen LogP contribution in [0.1, 0.15) is 12.5 Å². The largest absolute Gasteiger partial charge is 0.426 e. The lowest BCUT2D eigenvalue weighted by Crippen LogP contribution is -2.37. The first-order valence-electron chi connectivity index (χ1n) is 6.20. The Bertz CT molecular complexity index is 631. The number of likely N-dealkylation sites (N-methyl/N-ethyl adjacent to an activating group) is 1. The second kappa shape index (κ2) is 5.24. The smallest absolute Gasteiger partial charge is 0.308 e. The third kappa shape index (κ3) is 2.82. The number of rotatable bonds is 4. The second-order valence-corrected chi connectivity index (χ2v) is 5.03. The van der Waals surface area contributed by atoms with Crippen molar-refractivity contribution < 1.29 is 19.7 Å². The number of H-pyrrole nitrogens is 1. The van der Waals surface area contributed by atoms with E-state index in [1.54, 1.807) is 37.2 Å². The van der Waals surface area contributed by atoms with Gasteiger partial charge in [0.15, 0.2) is 0 Å². The highest BCUT2D eigenvalue weighted by atomic mass is 16.5. The van der Waals surface area contributed by atoms with Crippen LogP contribution in [0.3, 0.4) is 0 Å². The first-order valence-corrected chi connectivity index (χ1v) is 6.20. The highest BCUT2D eigenvalue weighted by Gasteiger charge is 2.31. The number of aliphatic hydroxyl groups is 2. The molecule has 1 heterocycles. The molecule has 0 fully saturated rings. The summed E-state index contributed by atoms with van der Waals surface area (Å²) in [4.78, 5) is 15.8. The predicted molar refractivity (Wildman–Crippen MR) is 74.3 cm³/mol. The molecule has 0 atom stereocenters. The Kier molecular flexibility index (Phi) is 3.80. The molecule has 0 amide bonds. The molecular formula is C14H18N2O4. The number of fused-ring (bicyclic) bond motifs is 1. The molecule has 0 aliphatic rings. The van der Waals surface area contributed by atoms with Gasteiger partial charge in [0.25, 0.3) is 0 Å². The number of carbonyl (C=O) groups excluding carboxylic acids is 1. The van der Waals surface area contributed by atoms with Crippen molar-refractivity contribution in [3.8, 4) is 5.75 Å². The second-order valence-electron chi connectivity index (χ2n) is 5.03. The minimum Gasteiger partial charge on any atom is -0.426 e. The van der Waals surface area contributed by atoms with Gasteiger partial charge >= 0.3 is 5.97 Å².